The van der Waals surface area contributed by atoms with E-state index in [0.29, 0.717) is 17.4 Å². The molecule has 5 heteroatoms. The Morgan fingerprint density at radius 2 is 1.77 bits per heavy atom. The predicted octanol–water partition coefficient (Wildman–Crippen LogP) is 4.62. The summed E-state index contributed by atoms with van der Waals surface area (Å²) in [6.07, 6.45) is 8.38. The summed E-state index contributed by atoms with van der Waals surface area (Å²) >= 11 is 0. The van der Waals surface area contributed by atoms with E-state index in [1.165, 1.54) is 36.6 Å². The molecule has 4 atom stereocenters. The van der Waals surface area contributed by atoms with E-state index in [0.717, 1.165) is 19.3 Å². The number of amides is 2. The van der Waals surface area contributed by atoms with Crippen LogP contribution in [0.15, 0.2) is 53.6 Å². The molecule has 4 aliphatic rings. The molecule has 0 radical (unpaired) electrons. The molecule has 3 N–H and O–H groups in total. The molecule has 6 rings (SSSR count). The highest BCUT2D eigenvalue weighted by Gasteiger charge is 2.58. The third-order valence-electron chi connectivity index (χ3n) is 7.41. The average Bonchev–Trinajstić information content (AvgIpc) is 2.68. The van der Waals surface area contributed by atoms with Gasteiger partial charge >= 0.3 is 6.03 Å². The zero-order chi connectivity index (χ0) is 20.8. The lowest BCUT2D eigenvalue weighted by atomic mass is 9.45. The van der Waals surface area contributed by atoms with Crippen molar-refractivity contribution in [1.29, 1.82) is 0 Å². The zero-order valence-corrected chi connectivity index (χ0v) is 17.4. The summed E-state index contributed by atoms with van der Waals surface area (Å²) in [5, 5.41) is 17.2. The number of aromatic hydroxyl groups is 1. The van der Waals surface area contributed by atoms with Crippen molar-refractivity contribution in [2.24, 2.45) is 16.9 Å². The second-order valence-electron chi connectivity index (χ2n) is 9.77. The van der Waals surface area contributed by atoms with Gasteiger partial charge in [-0.1, -0.05) is 42.0 Å². The maximum Gasteiger partial charge on any atom is 0.335 e. The molecule has 2 aromatic rings. The molecule has 4 saturated carbocycles. The quantitative estimate of drug-likeness (QED) is 0.515. The van der Waals surface area contributed by atoms with Gasteiger partial charge in [-0.25, -0.2) is 10.2 Å². The number of carbonyl (C=O) groups is 1. The number of hydrogen-bond donors (Lipinski definition) is 3. The summed E-state index contributed by atoms with van der Waals surface area (Å²) in [5.74, 6) is 1.50. The van der Waals surface area contributed by atoms with Crippen LogP contribution in [0.5, 0.6) is 5.75 Å². The van der Waals surface area contributed by atoms with Crippen molar-refractivity contribution in [3.63, 3.8) is 0 Å². The van der Waals surface area contributed by atoms with Gasteiger partial charge in [0, 0.05) is 11.1 Å². The second-order valence-corrected chi connectivity index (χ2v) is 9.77. The highest BCUT2D eigenvalue weighted by Crippen LogP contribution is 2.62. The van der Waals surface area contributed by atoms with Crippen molar-refractivity contribution in [3.05, 3.63) is 65.2 Å². The van der Waals surface area contributed by atoms with Gasteiger partial charge in [-0.15, -0.1) is 0 Å². The molecule has 4 bridgehead atoms. The molecular weight excluding hydrogens is 374 g/mol. The molecule has 0 heterocycles. The van der Waals surface area contributed by atoms with E-state index in [9.17, 15) is 9.90 Å². The van der Waals surface area contributed by atoms with Crippen molar-refractivity contribution in [2.75, 3.05) is 0 Å². The molecule has 156 valence electrons. The number of para-hydroxylation sites is 1. The maximum atomic E-state index is 12.7. The number of rotatable bonds is 4. The Morgan fingerprint density at radius 1 is 1.07 bits per heavy atom. The lowest BCUT2D eigenvalue weighted by Gasteiger charge is -2.62. The molecule has 4 aliphatic carbocycles. The number of phenols is 1. The fourth-order valence-corrected chi connectivity index (χ4v) is 6.68. The number of benzene rings is 2. The maximum absolute atomic E-state index is 12.7. The van der Waals surface area contributed by atoms with Gasteiger partial charge in [0.05, 0.1) is 6.21 Å². The molecular formula is C25H29N3O2. The Balaban J connectivity index is 1.31. The van der Waals surface area contributed by atoms with Crippen LogP contribution in [0, 0.1) is 18.8 Å². The van der Waals surface area contributed by atoms with Crippen LogP contribution in [-0.4, -0.2) is 22.9 Å². The fourth-order valence-electron chi connectivity index (χ4n) is 6.68. The molecule has 30 heavy (non-hydrogen) atoms. The summed E-state index contributed by atoms with van der Waals surface area (Å²) in [7, 11) is 0. The molecule has 0 aliphatic heterocycles. The van der Waals surface area contributed by atoms with Crippen LogP contribution < -0.4 is 10.7 Å². The predicted molar refractivity (Wildman–Crippen MR) is 118 cm³/mol. The standard InChI is InChI=1S/C25H29N3O2/c1-17-6-8-21(9-7-17)24-11-18-10-19(12-24)14-25(13-18,16-24)27-23(30)28-26-15-20-4-2-3-5-22(20)29/h2-9,15,18-19,29H,10-14,16H2,1H3,(H2,27,28,30)/b26-15+/t18-,19+,24?,25?. The Hall–Kier alpha value is -2.82. The topological polar surface area (TPSA) is 73.7 Å². The second kappa shape index (κ2) is 7.15. The van der Waals surface area contributed by atoms with Gasteiger partial charge < -0.3 is 10.4 Å². The van der Waals surface area contributed by atoms with Crippen LogP contribution in [0.3, 0.4) is 0 Å². The number of nitrogens with one attached hydrogen (secondary N) is 2. The first kappa shape index (κ1) is 19.2. The van der Waals surface area contributed by atoms with Crippen molar-refractivity contribution < 1.29 is 9.90 Å². The zero-order valence-electron chi connectivity index (χ0n) is 17.4. The van der Waals surface area contributed by atoms with Crippen LogP contribution in [0.1, 0.15) is 55.2 Å². The van der Waals surface area contributed by atoms with E-state index in [1.807, 2.05) is 6.07 Å². The van der Waals surface area contributed by atoms with Crippen LogP contribution in [0.25, 0.3) is 0 Å². The molecule has 2 unspecified atom stereocenters. The van der Waals surface area contributed by atoms with Crippen LogP contribution in [0.4, 0.5) is 4.79 Å². The molecule has 4 fully saturated rings. The molecule has 0 aromatic heterocycles. The minimum atomic E-state index is -0.261. The van der Waals surface area contributed by atoms with Gasteiger partial charge in [-0.3, -0.25) is 0 Å². The number of hydrogen-bond acceptors (Lipinski definition) is 3. The van der Waals surface area contributed by atoms with Gasteiger partial charge in [-0.05, 0) is 80.4 Å². The van der Waals surface area contributed by atoms with Gasteiger partial charge in [0.2, 0.25) is 0 Å². The van der Waals surface area contributed by atoms with Crippen molar-refractivity contribution in [2.45, 2.75) is 56.4 Å². The largest absolute Gasteiger partial charge is 0.507 e. The molecule has 0 spiro atoms. The first-order valence-corrected chi connectivity index (χ1v) is 10.9. The first-order valence-electron chi connectivity index (χ1n) is 10.9. The van der Waals surface area contributed by atoms with Crippen molar-refractivity contribution in [1.82, 2.24) is 10.7 Å². The monoisotopic (exact) mass is 403 g/mol. The summed E-state index contributed by atoms with van der Waals surface area (Å²) in [6.45, 7) is 2.13. The molecule has 2 amide bonds. The van der Waals surface area contributed by atoms with Crippen LogP contribution >= 0.6 is 0 Å². The minimum Gasteiger partial charge on any atom is -0.507 e. The number of carbonyl (C=O) groups excluding carboxylic acids is 1. The third kappa shape index (κ3) is 3.47. The third-order valence-corrected chi connectivity index (χ3v) is 7.41. The Labute approximate surface area is 177 Å². The van der Waals surface area contributed by atoms with Crippen molar-refractivity contribution >= 4 is 12.2 Å². The number of hydrazone groups is 1. The molecule has 2 aromatic carbocycles. The summed E-state index contributed by atoms with van der Waals surface area (Å²) in [6, 6.07) is 15.7. The van der Waals surface area contributed by atoms with E-state index in [1.54, 1.807) is 18.2 Å². The van der Waals surface area contributed by atoms with Crippen molar-refractivity contribution in [3.8, 4) is 5.75 Å². The van der Waals surface area contributed by atoms with Gasteiger partial charge in [-0.2, -0.15) is 5.10 Å². The lowest BCUT2D eigenvalue weighted by molar-refractivity contribution is -0.0349. The first-order chi connectivity index (χ1) is 14.5. The van der Waals surface area contributed by atoms with E-state index >= 15 is 0 Å². The minimum absolute atomic E-state index is 0.143. The Bertz CT molecular complexity index is 968. The summed E-state index contributed by atoms with van der Waals surface area (Å²) < 4.78 is 0. The van der Waals surface area contributed by atoms with E-state index in [-0.39, 0.29) is 22.7 Å². The van der Waals surface area contributed by atoms with Crippen LogP contribution in [-0.2, 0) is 5.41 Å². The number of nitrogens with zero attached hydrogens (tertiary/aromatic N) is 1. The number of phenolic OH excluding ortho intramolecular Hbond substituents is 1. The number of aryl methyl sites for hydroxylation is 1. The lowest BCUT2D eigenvalue weighted by Crippen LogP contribution is -2.65. The highest BCUT2D eigenvalue weighted by molar-refractivity contribution is 5.84. The average molecular weight is 404 g/mol. The smallest absolute Gasteiger partial charge is 0.335 e. The summed E-state index contributed by atoms with van der Waals surface area (Å²) in [5.41, 5.74) is 5.94. The summed E-state index contributed by atoms with van der Waals surface area (Å²) in [4.78, 5) is 12.7. The van der Waals surface area contributed by atoms with Gasteiger partial charge in [0.15, 0.2) is 0 Å². The SMILES string of the molecule is Cc1ccc(C23C[C@@H]4C[C@@H](CC(NC(=O)N/N=C/c5ccccc5O)(C4)C2)C3)cc1. The van der Waals surface area contributed by atoms with Gasteiger partial charge in [0.25, 0.3) is 0 Å². The molecule has 0 saturated heterocycles. The fraction of sp³-hybridized carbons (Fsp3) is 0.440. The van der Waals surface area contributed by atoms with E-state index in [4.69, 9.17) is 0 Å². The van der Waals surface area contributed by atoms with E-state index < -0.39 is 0 Å². The highest BCUT2D eigenvalue weighted by atomic mass is 16.3. The normalized spacial score (nSPS) is 31.8. The number of urea groups is 1. The van der Waals surface area contributed by atoms with E-state index in [2.05, 4.69) is 47.0 Å². The van der Waals surface area contributed by atoms with Crippen LogP contribution in [0.2, 0.25) is 0 Å². The van der Waals surface area contributed by atoms with Gasteiger partial charge in [0.1, 0.15) is 5.75 Å². The molecule has 5 nitrogen and oxygen atoms in total. The Kier molecular flexibility index (Phi) is 4.57. The Morgan fingerprint density at radius 3 is 2.47 bits per heavy atom.